The highest BCUT2D eigenvalue weighted by molar-refractivity contribution is 8.18. The molecule has 4 rings (SSSR count). The summed E-state index contributed by atoms with van der Waals surface area (Å²) < 4.78 is 5.57. The maximum Gasteiger partial charge on any atom is 0.293 e. The van der Waals surface area contributed by atoms with E-state index in [0.717, 1.165) is 34.1 Å². The second-order valence-electron chi connectivity index (χ2n) is 8.06. The van der Waals surface area contributed by atoms with E-state index < -0.39 is 0 Å². The molecule has 6 nitrogen and oxygen atoms in total. The summed E-state index contributed by atoms with van der Waals surface area (Å²) in [4.78, 5) is 38.9. The van der Waals surface area contributed by atoms with Crippen molar-refractivity contribution in [1.29, 1.82) is 0 Å². The summed E-state index contributed by atoms with van der Waals surface area (Å²) in [6, 6.07) is 19.8. The minimum atomic E-state index is -0.358. The Labute approximate surface area is 212 Å². The first-order valence-corrected chi connectivity index (χ1v) is 12.1. The lowest BCUT2D eigenvalue weighted by atomic mass is 10.1. The maximum atomic E-state index is 12.8. The van der Waals surface area contributed by atoms with E-state index in [-0.39, 0.29) is 30.2 Å². The highest BCUT2D eigenvalue weighted by Gasteiger charge is 2.35. The summed E-state index contributed by atoms with van der Waals surface area (Å²) in [7, 11) is 0. The van der Waals surface area contributed by atoms with Gasteiger partial charge in [0.2, 0.25) is 0 Å². The van der Waals surface area contributed by atoms with E-state index >= 15 is 0 Å². The molecule has 1 aliphatic heterocycles. The van der Waals surface area contributed by atoms with Gasteiger partial charge in [-0.3, -0.25) is 19.3 Å². The van der Waals surface area contributed by atoms with Crippen LogP contribution in [0.15, 0.2) is 71.6 Å². The van der Waals surface area contributed by atoms with Crippen LogP contribution in [-0.4, -0.2) is 28.6 Å². The van der Waals surface area contributed by atoms with Gasteiger partial charge in [-0.2, -0.15) is 0 Å². The minimum Gasteiger partial charge on any atom is -0.484 e. The van der Waals surface area contributed by atoms with E-state index in [1.54, 1.807) is 48.5 Å². The molecule has 0 spiro atoms. The Kier molecular flexibility index (Phi) is 7.58. The number of imide groups is 1. The molecule has 3 aromatic carbocycles. The summed E-state index contributed by atoms with van der Waals surface area (Å²) in [5.74, 6) is -0.100. The molecule has 0 bridgehead atoms. The van der Waals surface area contributed by atoms with Crippen molar-refractivity contribution in [3.8, 4) is 5.75 Å². The number of thioether (sulfide) groups is 1. The van der Waals surface area contributed by atoms with Gasteiger partial charge in [0.1, 0.15) is 5.75 Å². The third kappa shape index (κ3) is 6.12. The number of nitrogens with one attached hydrogen (secondary N) is 1. The molecule has 0 aliphatic carbocycles. The zero-order valence-corrected chi connectivity index (χ0v) is 20.8. The molecule has 35 heavy (non-hydrogen) atoms. The van der Waals surface area contributed by atoms with Gasteiger partial charge < -0.3 is 10.1 Å². The molecule has 3 amide bonds. The minimum absolute atomic E-state index is 0.124. The number of ether oxygens (including phenoxy) is 1. The normalized spacial score (nSPS) is 14.5. The van der Waals surface area contributed by atoms with Crippen molar-refractivity contribution >= 4 is 52.2 Å². The summed E-state index contributed by atoms with van der Waals surface area (Å²) in [5, 5.41) is 2.99. The number of hydrogen-bond acceptors (Lipinski definition) is 5. The monoisotopic (exact) mass is 506 g/mol. The molecule has 0 aromatic heterocycles. The van der Waals surface area contributed by atoms with E-state index in [1.165, 1.54) is 4.90 Å². The van der Waals surface area contributed by atoms with Crippen LogP contribution in [-0.2, 0) is 16.1 Å². The molecule has 0 atom stereocenters. The Morgan fingerprint density at radius 1 is 1.03 bits per heavy atom. The van der Waals surface area contributed by atoms with Crippen molar-refractivity contribution in [3.05, 3.63) is 98.9 Å². The lowest BCUT2D eigenvalue weighted by Crippen LogP contribution is -2.27. The Bertz CT molecular complexity index is 1320. The van der Waals surface area contributed by atoms with Crippen molar-refractivity contribution in [3.63, 3.8) is 0 Å². The summed E-state index contributed by atoms with van der Waals surface area (Å²) in [6.07, 6.45) is 1.66. The molecule has 1 fully saturated rings. The van der Waals surface area contributed by atoms with Crippen LogP contribution in [0.4, 0.5) is 10.5 Å². The van der Waals surface area contributed by atoms with Gasteiger partial charge in [0.25, 0.3) is 17.1 Å². The van der Waals surface area contributed by atoms with Crippen molar-refractivity contribution < 1.29 is 19.1 Å². The van der Waals surface area contributed by atoms with Gasteiger partial charge in [-0.25, -0.2) is 0 Å². The fourth-order valence-electron chi connectivity index (χ4n) is 3.41. The topological polar surface area (TPSA) is 75.7 Å². The highest BCUT2D eigenvalue weighted by Crippen LogP contribution is 2.34. The van der Waals surface area contributed by atoms with E-state index in [4.69, 9.17) is 16.3 Å². The molecular formula is C27H23ClN2O4S. The van der Waals surface area contributed by atoms with Gasteiger partial charge in [-0.05, 0) is 84.3 Å². The van der Waals surface area contributed by atoms with E-state index in [2.05, 4.69) is 5.32 Å². The van der Waals surface area contributed by atoms with E-state index in [1.807, 2.05) is 38.1 Å². The number of carbonyl (C=O) groups excluding carboxylic acids is 3. The number of halogens is 1. The fourth-order valence-corrected chi connectivity index (χ4v) is 4.44. The molecule has 8 heteroatoms. The van der Waals surface area contributed by atoms with Gasteiger partial charge >= 0.3 is 0 Å². The molecule has 0 saturated carbocycles. The van der Waals surface area contributed by atoms with Gasteiger partial charge in [0, 0.05) is 10.7 Å². The van der Waals surface area contributed by atoms with Crippen LogP contribution in [0, 0.1) is 13.8 Å². The zero-order chi connectivity index (χ0) is 24.9. The molecule has 1 aliphatic rings. The smallest absolute Gasteiger partial charge is 0.293 e. The number of rotatable bonds is 7. The predicted molar refractivity (Wildman–Crippen MR) is 139 cm³/mol. The van der Waals surface area contributed by atoms with Crippen molar-refractivity contribution in [2.45, 2.75) is 20.4 Å². The Hall–Kier alpha value is -3.55. The van der Waals surface area contributed by atoms with Gasteiger partial charge in [-0.1, -0.05) is 48.0 Å². The van der Waals surface area contributed by atoms with Crippen LogP contribution in [0.2, 0.25) is 5.02 Å². The first kappa shape index (κ1) is 24.6. The number of hydrogen-bond donors (Lipinski definition) is 1. The summed E-state index contributed by atoms with van der Waals surface area (Å²) in [5.41, 5.74) is 4.42. The van der Waals surface area contributed by atoms with Crippen LogP contribution >= 0.6 is 23.4 Å². The average Bonchev–Trinajstić information content (AvgIpc) is 3.09. The Morgan fingerprint density at radius 2 is 1.77 bits per heavy atom. The molecule has 0 radical (unpaired) electrons. The SMILES string of the molecule is Cc1ccc(NC(=O)COc2ccc(/C=C3\SC(=O)N(Cc4ccccc4Cl)C3=O)cc2)cc1C. The molecule has 3 aromatic rings. The number of carbonyl (C=O) groups is 3. The molecular weight excluding hydrogens is 484 g/mol. The molecule has 1 N–H and O–H groups in total. The first-order valence-electron chi connectivity index (χ1n) is 10.9. The standard InChI is InChI=1S/C27H23ClN2O4S/c1-17-7-10-21(13-18(17)2)29-25(31)16-34-22-11-8-19(9-12-22)14-24-26(32)30(27(33)35-24)15-20-5-3-4-6-23(20)28/h3-14H,15-16H2,1-2H3,(H,29,31)/b24-14-. The van der Waals surface area contributed by atoms with Crippen LogP contribution in [0.3, 0.4) is 0 Å². The summed E-state index contributed by atoms with van der Waals surface area (Å²) >= 11 is 7.06. The van der Waals surface area contributed by atoms with Crippen molar-refractivity contribution in [2.24, 2.45) is 0 Å². The summed E-state index contributed by atoms with van der Waals surface area (Å²) in [6.45, 7) is 3.99. The molecule has 0 unspecified atom stereocenters. The molecule has 178 valence electrons. The van der Waals surface area contributed by atoms with Crippen LogP contribution < -0.4 is 10.1 Å². The largest absolute Gasteiger partial charge is 0.484 e. The molecule has 1 heterocycles. The lowest BCUT2D eigenvalue weighted by Gasteiger charge is -2.13. The number of amides is 3. The fraction of sp³-hybridized carbons (Fsp3) is 0.148. The van der Waals surface area contributed by atoms with E-state index in [9.17, 15) is 14.4 Å². The quantitative estimate of drug-likeness (QED) is 0.385. The maximum absolute atomic E-state index is 12.8. The lowest BCUT2D eigenvalue weighted by molar-refractivity contribution is -0.123. The predicted octanol–water partition coefficient (Wildman–Crippen LogP) is 6.21. The Balaban J connectivity index is 1.34. The van der Waals surface area contributed by atoms with E-state index in [0.29, 0.717) is 21.2 Å². The molecule has 1 saturated heterocycles. The number of nitrogens with zero attached hydrogens (tertiary/aromatic N) is 1. The van der Waals surface area contributed by atoms with Crippen LogP contribution in [0.5, 0.6) is 5.75 Å². The van der Waals surface area contributed by atoms with Gasteiger partial charge in [0.15, 0.2) is 6.61 Å². The second kappa shape index (κ2) is 10.8. The van der Waals surface area contributed by atoms with Crippen molar-refractivity contribution in [2.75, 3.05) is 11.9 Å². The third-order valence-corrected chi connectivity index (χ3v) is 6.77. The average molecular weight is 507 g/mol. The van der Waals surface area contributed by atoms with Crippen molar-refractivity contribution in [1.82, 2.24) is 4.90 Å². The van der Waals surface area contributed by atoms with Gasteiger partial charge in [0.05, 0.1) is 11.4 Å². The number of aryl methyl sites for hydroxylation is 2. The zero-order valence-electron chi connectivity index (χ0n) is 19.2. The highest BCUT2D eigenvalue weighted by atomic mass is 35.5. The van der Waals surface area contributed by atoms with Gasteiger partial charge in [-0.15, -0.1) is 0 Å². The number of anilines is 1. The Morgan fingerprint density at radius 3 is 2.49 bits per heavy atom. The first-order chi connectivity index (χ1) is 16.8. The number of benzene rings is 3. The second-order valence-corrected chi connectivity index (χ2v) is 9.46. The third-order valence-electron chi connectivity index (χ3n) is 5.50. The van der Waals surface area contributed by atoms with Crippen LogP contribution in [0.25, 0.3) is 6.08 Å². The van der Waals surface area contributed by atoms with Crippen LogP contribution in [0.1, 0.15) is 22.3 Å².